The molecule has 0 fully saturated rings. The van der Waals surface area contributed by atoms with Crippen molar-refractivity contribution in [2.45, 2.75) is 25.7 Å². The van der Waals surface area contributed by atoms with E-state index in [-0.39, 0.29) is 11.7 Å². The van der Waals surface area contributed by atoms with E-state index >= 15 is 0 Å². The predicted molar refractivity (Wildman–Crippen MR) is 95.1 cm³/mol. The van der Waals surface area contributed by atoms with Gasteiger partial charge in [-0.15, -0.1) is 10.2 Å². The standard InChI is InChI=1S/C20H16N4O2/c1-12-18(13-6-3-2-4-7-13)20-22-21-19-15(24(20)23-12)10-14(11-16(19)25)17-8-5-9-26-17/h2-9,14H,10-11H2,1H3. The topological polar surface area (TPSA) is 73.3 Å². The summed E-state index contributed by atoms with van der Waals surface area (Å²) in [5.74, 6) is 0.805. The minimum absolute atomic E-state index is 0.00193. The fourth-order valence-corrected chi connectivity index (χ4v) is 3.74. The Labute approximate surface area is 149 Å². The lowest BCUT2D eigenvalue weighted by Crippen LogP contribution is -2.24. The summed E-state index contributed by atoms with van der Waals surface area (Å²) in [6.45, 7) is 1.96. The molecule has 0 saturated carbocycles. The van der Waals surface area contributed by atoms with Gasteiger partial charge in [-0.05, 0) is 24.6 Å². The smallest absolute Gasteiger partial charge is 0.185 e. The van der Waals surface area contributed by atoms with Crippen molar-refractivity contribution in [3.05, 3.63) is 71.6 Å². The SMILES string of the molecule is Cc1nn2c3c(nnc2c1-c1ccccc1)C(=O)CC(c1ccco1)C3. The molecule has 1 atom stereocenters. The van der Waals surface area contributed by atoms with Gasteiger partial charge in [0.05, 0.1) is 23.2 Å². The van der Waals surface area contributed by atoms with Crippen LogP contribution in [0, 0.1) is 6.92 Å². The molecule has 0 aliphatic heterocycles. The molecule has 1 aromatic carbocycles. The van der Waals surface area contributed by atoms with Gasteiger partial charge in [0.25, 0.3) is 0 Å². The van der Waals surface area contributed by atoms with E-state index in [0.717, 1.165) is 28.3 Å². The Balaban J connectivity index is 1.70. The molecule has 3 heterocycles. The Morgan fingerprint density at radius 1 is 1.08 bits per heavy atom. The lowest BCUT2D eigenvalue weighted by molar-refractivity contribution is 0.0951. The van der Waals surface area contributed by atoms with E-state index in [1.54, 1.807) is 10.8 Å². The first-order valence-electron chi connectivity index (χ1n) is 8.59. The van der Waals surface area contributed by atoms with Crippen LogP contribution in [0.25, 0.3) is 16.8 Å². The van der Waals surface area contributed by atoms with E-state index in [2.05, 4.69) is 15.3 Å². The van der Waals surface area contributed by atoms with Gasteiger partial charge in [0, 0.05) is 18.8 Å². The first-order chi connectivity index (χ1) is 12.7. The first-order valence-corrected chi connectivity index (χ1v) is 8.59. The molecule has 6 heteroatoms. The van der Waals surface area contributed by atoms with Gasteiger partial charge in [0.15, 0.2) is 17.1 Å². The van der Waals surface area contributed by atoms with Crippen LogP contribution in [0.5, 0.6) is 0 Å². The number of carbonyl (C=O) groups excluding carboxylic acids is 1. The number of aryl methyl sites for hydroxylation is 1. The Kier molecular flexibility index (Phi) is 3.25. The Morgan fingerprint density at radius 2 is 1.92 bits per heavy atom. The number of furan rings is 1. The number of rotatable bonds is 2. The minimum atomic E-state index is -0.0172. The van der Waals surface area contributed by atoms with E-state index < -0.39 is 0 Å². The molecule has 5 rings (SSSR count). The summed E-state index contributed by atoms with van der Waals surface area (Å²) in [5, 5.41) is 13.3. The second kappa shape index (κ2) is 5.62. The number of hydrogen-bond donors (Lipinski definition) is 0. The number of nitrogens with zero attached hydrogens (tertiary/aromatic N) is 4. The summed E-state index contributed by atoms with van der Waals surface area (Å²) in [4.78, 5) is 12.6. The maximum atomic E-state index is 12.6. The van der Waals surface area contributed by atoms with Crippen molar-refractivity contribution in [1.82, 2.24) is 19.8 Å². The normalized spacial score (nSPS) is 16.8. The summed E-state index contributed by atoms with van der Waals surface area (Å²) in [5.41, 5.74) is 4.76. The van der Waals surface area contributed by atoms with E-state index in [1.807, 2.05) is 49.4 Å². The van der Waals surface area contributed by atoms with Gasteiger partial charge in [0.1, 0.15) is 5.76 Å². The third-order valence-corrected chi connectivity index (χ3v) is 4.95. The van der Waals surface area contributed by atoms with E-state index in [0.29, 0.717) is 24.2 Å². The first kappa shape index (κ1) is 15.0. The van der Waals surface area contributed by atoms with Crippen LogP contribution in [-0.4, -0.2) is 25.6 Å². The highest BCUT2D eigenvalue weighted by molar-refractivity contribution is 5.97. The number of benzene rings is 1. The number of Topliss-reactive ketones (excluding diaryl/α,β-unsaturated/α-hetero) is 1. The molecule has 3 aromatic heterocycles. The van der Waals surface area contributed by atoms with Crippen LogP contribution in [0.15, 0.2) is 53.1 Å². The summed E-state index contributed by atoms with van der Waals surface area (Å²) in [7, 11) is 0. The number of aromatic nitrogens is 4. The molecule has 1 unspecified atom stereocenters. The maximum Gasteiger partial charge on any atom is 0.185 e. The molecule has 0 bridgehead atoms. The van der Waals surface area contributed by atoms with Gasteiger partial charge in [-0.2, -0.15) is 5.10 Å². The van der Waals surface area contributed by atoms with Crippen LogP contribution in [0.1, 0.15) is 40.0 Å². The van der Waals surface area contributed by atoms with Crippen LogP contribution >= 0.6 is 0 Å². The van der Waals surface area contributed by atoms with Gasteiger partial charge in [-0.25, -0.2) is 4.52 Å². The van der Waals surface area contributed by atoms with Crippen LogP contribution in [0.2, 0.25) is 0 Å². The second-order valence-electron chi connectivity index (χ2n) is 6.60. The van der Waals surface area contributed by atoms with Crippen molar-refractivity contribution in [1.29, 1.82) is 0 Å². The van der Waals surface area contributed by atoms with Crippen LogP contribution in [0.3, 0.4) is 0 Å². The fourth-order valence-electron chi connectivity index (χ4n) is 3.74. The van der Waals surface area contributed by atoms with Crippen molar-refractivity contribution in [3.8, 4) is 11.1 Å². The van der Waals surface area contributed by atoms with Gasteiger partial charge >= 0.3 is 0 Å². The van der Waals surface area contributed by atoms with Gasteiger partial charge in [-0.3, -0.25) is 4.79 Å². The molecule has 0 spiro atoms. The highest BCUT2D eigenvalue weighted by atomic mass is 16.3. The number of carbonyl (C=O) groups is 1. The Hall–Kier alpha value is -3.28. The van der Waals surface area contributed by atoms with Crippen LogP contribution in [0.4, 0.5) is 0 Å². The number of hydrogen-bond acceptors (Lipinski definition) is 5. The molecule has 4 aromatic rings. The third-order valence-electron chi connectivity index (χ3n) is 4.95. The quantitative estimate of drug-likeness (QED) is 0.555. The largest absolute Gasteiger partial charge is 0.469 e. The zero-order valence-corrected chi connectivity index (χ0v) is 14.2. The lowest BCUT2D eigenvalue weighted by Gasteiger charge is -2.21. The van der Waals surface area contributed by atoms with Crippen molar-refractivity contribution >= 4 is 11.4 Å². The molecule has 1 aliphatic carbocycles. The summed E-state index contributed by atoms with van der Waals surface area (Å²) in [6.07, 6.45) is 2.67. The minimum Gasteiger partial charge on any atom is -0.469 e. The number of fused-ring (bicyclic) bond motifs is 3. The molecule has 6 nitrogen and oxygen atoms in total. The zero-order valence-electron chi connectivity index (χ0n) is 14.2. The van der Waals surface area contributed by atoms with E-state index in [9.17, 15) is 4.79 Å². The molecular weight excluding hydrogens is 328 g/mol. The fraction of sp³-hybridized carbons (Fsp3) is 0.200. The maximum absolute atomic E-state index is 12.6. The summed E-state index contributed by atoms with van der Waals surface area (Å²) < 4.78 is 7.31. The van der Waals surface area contributed by atoms with Gasteiger partial charge in [-0.1, -0.05) is 30.3 Å². The molecule has 0 saturated heterocycles. The Morgan fingerprint density at radius 3 is 2.69 bits per heavy atom. The Bertz CT molecular complexity index is 1110. The zero-order chi connectivity index (χ0) is 17.7. The lowest BCUT2D eigenvalue weighted by atomic mass is 9.87. The monoisotopic (exact) mass is 344 g/mol. The van der Waals surface area contributed by atoms with E-state index in [1.165, 1.54) is 0 Å². The third kappa shape index (κ3) is 2.19. The van der Waals surface area contributed by atoms with Crippen molar-refractivity contribution in [2.24, 2.45) is 0 Å². The number of ketones is 1. The van der Waals surface area contributed by atoms with Crippen molar-refractivity contribution in [3.63, 3.8) is 0 Å². The summed E-state index contributed by atoms with van der Waals surface area (Å²) >= 11 is 0. The van der Waals surface area contributed by atoms with Crippen LogP contribution in [-0.2, 0) is 6.42 Å². The highest BCUT2D eigenvalue weighted by Gasteiger charge is 2.32. The molecule has 0 amide bonds. The average Bonchev–Trinajstić information content (AvgIpc) is 3.29. The van der Waals surface area contributed by atoms with Crippen LogP contribution < -0.4 is 0 Å². The molecular formula is C20H16N4O2. The predicted octanol–water partition coefficient (Wildman–Crippen LogP) is 3.61. The molecule has 0 radical (unpaired) electrons. The molecule has 1 aliphatic rings. The van der Waals surface area contributed by atoms with Crippen molar-refractivity contribution < 1.29 is 9.21 Å². The molecule has 26 heavy (non-hydrogen) atoms. The van der Waals surface area contributed by atoms with E-state index in [4.69, 9.17) is 4.42 Å². The second-order valence-corrected chi connectivity index (χ2v) is 6.60. The van der Waals surface area contributed by atoms with Gasteiger partial charge < -0.3 is 4.42 Å². The highest BCUT2D eigenvalue weighted by Crippen LogP contribution is 2.34. The molecule has 0 N–H and O–H groups in total. The van der Waals surface area contributed by atoms with Gasteiger partial charge in [0.2, 0.25) is 0 Å². The average molecular weight is 344 g/mol. The summed E-state index contributed by atoms with van der Waals surface area (Å²) in [6, 6.07) is 13.8. The van der Waals surface area contributed by atoms with Crippen molar-refractivity contribution in [2.75, 3.05) is 0 Å². The molecule has 128 valence electrons.